The monoisotopic (exact) mass is 293 g/mol. The van der Waals surface area contributed by atoms with Crippen LogP contribution in [0, 0.1) is 5.82 Å². The second-order valence-corrected chi connectivity index (χ2v) is 5.84. The van der Waals surface area contributed by atoms with Crippen LogP contribution in [0.5, 0.6) is 0 Å². The Kier molecular flexibility index (Phi) is 3.42. The summed E-state index contributed by atoms with van der Waals surface area (Å²) in [5.41, 5.74) is 7.39. The summed E-state index contributed by atoms with van der Waals surface area (Å²) >= 11 is 5.91. The van der Waals surface area contributed by atoms with Crippen molar-refractivity contribution in [1.29, 1.82) is 0 Å². The van der Waals surface area contributed by atoms with Crippen LogP contribution in [-0.2, 0) is 7.05 Å². The SMILES string of the molecule is Cn1c(C2CCCC2)nc(-c2cc(F)cc(Cl)c2)c1N. The van der Waals surface area contributed by atoms with E-state index in [9.17, 15) is 4.39 Å². The highest BCUT2D eigenvalue weighted by molar-refractivity contribution is 6.30. The maximum atomic E-state index is 13.5. The molecule has 0 saturated heterocycles. The van der Waals surface area contributed by atoms with Crippen LogP contribution in [0.25, 0.3) is 11.3 Å². The summed E-state index contributed by atoms with van der Waals surface area (Å²) in [4.78, 5) is 4.66. The fourth-order valence-corrected chi connectivity index (χ4v) is 3.20. The molecule has 20 heavy (non-hydrogen) atoms. The normalized spacial score (nSPS) is 15.9. The molecule has 0 bridgehead atoms. The first-order valence-corrected chi connectivity index (χ1v) is 7.22. The van der Waals surface area contributed by atoms with Gasteiger partial charge in [0.2, 0.25) is 0 Å². The number of hydrogen-bond acceptors (Lipinski definition) is 2. The first kappa shape index (κ1) is 13.4. The molecule has 3 rings (SSSR count). The minimum atomic E-state index is -0.375. The van der Waals surface area contributed by atoms with E-state index in [-0.39, 0.29) is 5.82 Å². The Balaban J connectivity index is 2.07. The number of hydrogen-bond donors (Lipinski definition) is 1. The molecule has 1 aliphatic carbocycles. The minimum absolute atomic E-state index is 0.354. The third-order valence-corrected chi connectivity index (χ3v) is 4.25. The number of halogens is 2. The van der Waals surface area contributed by atoms with Crippen molar-refractivity contribution in [2.24, 2.45) is 7.05 Å². The molecule has 1 fully saturated rings. The van der Waals surface area contributed by atoms with Crippen molar-refractivity contribution < 1.29 is 4.39 Å². The first-order valence-electron chi connectivity index (χ1n) is 6.85. The molecule has 1 aromatic carbocycles. The van der Waals surface area contributed by atoms with Gasteiger partial charge in [0, 0.05) is 23.6 Å². The summed E-state index contributed by atoms with van der Waals surface area (Å²) in [6, 6.07) is 4.40. The zero-order valence-corrected chi connectivity index (χ0v) is 12.1. The molecule has 0 unspecified atom stereocenters. The second-order valence-electron chi connectivity index (χ2n) is 5.40. The number of rotatable bonds is 2. The van der Waals surface area contributed by atoms with E-state index in [1.54, 1.807) is 6.07 Å². The van der Waals surface area contributed by atoms with E-state index in [4.69, 9.17) is 17.3 Å². The van der Waals surface area contributed by atoms with Crippen molar-refractivity contribution in [2.45, 2.75) is 31.6 Å². The van der Waals surface area contributed by atoms with Gasteiger partial charge in [0.15, 0.2) is 0 Å². The van der Waals surface area contributed by atoms with Crippen molar-refractivity contribution in [3.8, 4) is 11.3 Å². The third kappa shape index (κ3) is 2.29. The van der Waals surface area contributed by atoms with Crippen molar-refractivity contribution in [3.05, 3.63) is 34.9 Å². The lowest BCUT2D eigenvalue weighted by molar-refractivity contribution is 0.628. The molecule has 0 spiro atoms. The Labute approximate surface area is 122 Å². The average Bonchev–Trinajstić information content (AvgIpc) is 2.99. The van der Waals surface area contributed by atoms with E-state index in [0.717, 1.165) is 18.7 Å². The van der Waals surface area contributed by atoms with Gasteiger partial charge in [0.25, 0.3) is 0 Å². The predicted octanol–water partition coefficient (Wildman–Crippen LogP) is 4.12. The highest BCUT2D eigenvalue weighted by atomic mass is 35.5. The van der Waals surface area contributed by atoms with Gasteiger partial charge >= 0.3 is 0 Å². The molecule has 2 N–H and O–H groups in total. The Bertz CT molecular complexity index is 625. The largest absolute Gasteiger partial charge is 0.383 e. The van der Waals surface area contributed by atoms with E-state index in [1.807, 2.05) is 11.6 Å². The second kappa shape index (κ2) is 5.09. The molecule has 106 valence electrons. The lowest BCUT2D eigenvalue weighted by atomic mass is 10.1. The van der Waals surface area contributed by atoms with Crippen LogP contribution in [0.4, 0.5) is 10.2 Å². The van der Waals surface area contributed by atoms with Gasteiger partial charge in [-0.3, -0.25) is 0 Å². The van der Waals surface area contributed by atoms with Gasteiger partial charge in [-0.25, -0.2) is 9.37 Å². The summed E-state index contributed by atoms with van der Waals surface area (Å²) < 4.78 is 15.4. The van der Waals surface area contributed by atoms with Crippen LogP contribution < -0.4 is 5.73 Å². The fourth-order valence-electron chi connectivity index (χ4n) is 2.98. The molecule has 1 aromatic heterocycles. The van der Waals surface area contributed by atoms with Gasteiger partial charge in [-0.2, -0.15) is 0 Å². The fraction of sp³-hybridized carbons (Fsp3) is 0.400. The number of aromatic nitrogens is 2. The highest BCUT2D eigenvalue weighted by Crippen LogP contribution is 2.37. The number of benzene rings is 1. The third-order valence-electron chi connectivity index (χ3n) is 4.03. The Morgan fingerprint density at radius 1 is 1.30 bits per heavy atom. The standard InChI is InChI=1S/C15H17ClFN3/c1-20-14(18)13(10-6-11(16)8-12(17)7-10)19-15(20)9-4-2-3-5-9/h6-9H,2-5,18H2,1H3. The quantitative estimate of drug-likeness (QED) is 0.905. The first-order chi connectivity index (χ1) is 9.56. The summed E-state index contributed by atoms with van der Waals surface area (Å²) in [5, 5.41) is 0.354. The summed E-state index contributed by atoms with van der Waals surface area (Å²) in [6.45, 7) is 0. The van der Waals surface area contributed by atoms with E-state index >= 15 is 0 Å². The molecule has 1 saturated carbocycles. The number of nitrogens with two attached hydrogens (primary N) is 1. The van der Waals surface area contributed by atoms with Crippen LogP contribution >= 0.6 is 11.6 Å². The molecule has 5 heteroatoms. The molecule has 0 aliphatic heterocycles. The van der Waals surface area contributed by atoms with Gasteiger partial charge in [-0.15, -0.1) is 0 Å². The van der Waals surface area contributed by atoms with Gasteiger partial charge < -0.3 is 10.3 Å². The molecule has 1 aliphatic rings. The van der Waals surface area contributed by atoms with Crippen LogP contribution in [0.15, 0.2) is 18.2 Å². The average molecular weight is 294 g/mol. The van der Waals surface area contributed by atoms with Crippen LogP contribution in [-0.4, -0.2) is 9.55 Å². The topological polar surface area (TPSA) is 43.8 Å². The maximum Gasteiger partial charge on any atom is 0.131 e. The summed E-state index contributed by atoms with van der Waals surface area (Å²) in [7, 11) is 1.92. The summed E-state index contributed by atoms with van der Waals surface area (Å²) in [6.07, 6.45) is 4.76. The Morgan fingerprint density at radius 2 is 2.00 bits per heavy atom. The molecule has 2 aromatic rings. The number of nitrogen functional groups attached to an aromatic ring is 1. The van der Waals surface area contributed by atoms with E-state index in [1.165, 1.54) is 25.0 Å². The van der Waals surface area contributed by atoms with Gasteiger partial charge in [-0.05, 0) is 31.0 Å². The van der Waals surface area contributed by atoms with Gasteiger partial charge in [0.05, 0.1) is 0 Å². The molecule has 0 atom stereocenters. The smallest absolute Gasteiger partial charge is 0.131 e. The van der Waals surface area contributed by atoms with E-state index < -0.39 is 0 Å². The number of anilines is 1. The number of imidazole rings is 1. The zero-order chi connectivity index (χ0) is 14.3. The minimum Gasteiger partial charge on any atom is -0.383 e. The van der Waals surface area contributed by atoms with Crippen molar-refractivity contribution in [1.82, 2.24) is 9.55 Å². The number of nitrogens with zero attached hydrogens (tertiary/aromatic N) is 2. The van der Waals surface area contributed by atoms with E-state index in [0.29, 0.717) is 28.0 Å². The Morgan fingerprint density at radius 3 is 2.65 bits per heavy atom. The predicted molar refractivity (Wildman–Crippen MR) is 79.2 cm³/mol. The molecule has 0 radical (unpaired) electrons. The lowest BCUT2D eigenvalue weighted by Gasteiger charge is -2.08. The lowest BCUT2D eigenvalue weighted by Crippen LogP contribution is -2.05. The van der Waals surface area contributed by atoms with Gasteiger partial charge in [-0.1, -0.05) is 24.4 Å². The Hall–Kier alpha value is -1.55. The van der Waals surface area contributed by atoms with Crippen molar-refractivity contribution >= 4 is 17.4 Å². The molecule has 0 amide bonds. The van der Waals surface area contributed by atoms with Crippen molar-refractivity contribution in [3.63, 3.8) is 0 Å². The van der Waals surface area contributed by atoms with Crippen LogP contribution in [0.2, 0.25) is 5.02 Å². The van der Waals surface area contributed by atoms with E-state index in [2.05, 4.69) is 4.98 Å². The van der Waals surface area contributed by atoms with Crippen molar-refractivity contribution in [2.75, 3.05) is 5.73 Å². The van der Waals surface area contributed by atoms with Crippen LogP contribution in [0.1, 0.15) is 37.4 Å². The molecule has 1 heterocycles. The molecular weight excluding hydrogens is 277 g/mol. The highest BCUT2D eigenvalue weighted by Gasteiger charge is 2.24. The zero-order valence-electron chi connectivity index (χ0n) is 11.4. The molecule has 3 nitrogen and oxygen atoms in total. The van der Waals surface area contributed by atoms with Crippen LogP contribution in [0.3, 0.4) is 0 Å². The molecular formula is C15H17ClFN3. The van der Waals surface area contributed by atoms with Gasteiger partial charge in [0.1, 0.15) is 23.2 Å². The summed E-state index contributed by atoms with van der Waals surface area (Å²) in [5.74, 6) is 1.64. The maximum absolute atomic E-state index is 13.5.